The van der Waals surface area contributed by atoms with Crippen LogP contribution in [0.25, 0.3) is 0 Å². The van der Waals surface area contributed by atoms with E-state index in [9.17, 15) is 4.79 Å². The van der Waals surface area contributed by atoms with E-state index in [-0.39, 0.29) is 19.2 Å². The summed E-state index contributed by atoms with van der Waals surface area (Å²) in [7, 11) is 0. The number of aliphatic hydroxyl groups is 2. The lowest BCUT2D eigenvalue weighted by atomic mass is 10.8. The molecular weight excluding hydrogens is 380 g/mol. The molecule has 0 aromatic heterocycles. The van der Waals surface area contributed by atoms with Crippen molar-refractivity contribution in [1.82, 2.24) is 0 Å². The van der Waals surface area contributed by atoms with Crippen molar-refractivity contribution in [2.24, 2.45) is 0 Å². The first kappa shape index (κ1) is 23.7. The first-order chi connectivity index (χ1) is 11.3. The molecule has 138 valence electrons. The van der Waals surface area contributed by atoms with Crippen molar-refractivity contribution >= 4 is 53.0 Å². The maximum absolute atomic E-state index is 11.4. The highest BCUT2D eigenvalue weighted by molar-refractivity contribution is 8.16. The lowest BCUT2D eigenvalue weighted by Gasteiger charge is -2.05. The molecule has 0 aliphatic rings. The van der Waals surface area contributed by atoms with E-state index in [4.69, 9.17) is 24.7 Å². The Morgan fingerprint density at radius 2 is 1.30 bits per heavy atom. The molecule has 0 fully saturated rings. The Balaban J connectivity index is 3.10. The van der Waals surface area contributed by atoms with E-state index in [0.29, 0.717) is 31.3 Å². The number of ether oxygens (including phenoxy) is 1. The zero-order valence-corrected chi connectivity index (χ0v) is 16.4. The molecule has 0 atom stereocenters. The van der Waals surface area contributed by atoms with E-state index in [2.05, 4.69) is 0 Å². The zero-order valence-electron chi connectivity index (χ0n) is 13.1. The highest BCUT2D eigenvalue weighted by Gasteiger charge is 2.03. The van der Waals surface area contributed by atoms with Gasteiger partial charge in [0.15, 0.2) is 0 Å². The number of carbonyl (C=O) groups is 1. The van der Waals surface area contributed by atoms with Gasteiger partial charge in [-0.25, -0.2) is 9.78 Å². The minimum absolute atomic E-state index is 0.156. The second-order valence-electron chi connectivity index (χ2n) is 3.91. The van der Waals surface area contributed by atoms with Crippen LogP contribution in [0.2, 0.25) is 0 Å². The first-order valence-electron chi connectivity index (χ1n) is 7.24. The van der Waals surface area contributed by atoms with Gasteiger partial charge >= 0.3 is 5.97 Å². The molecule has 2 N–H and O–H groups in total. The third kappa shape index (κ3) is 20.7. The van der Waals surface area contributed by atoms with Gasteiger partial charge in [0.2, 0.25) is 0 Å². The predicted molar refractivity (Wildman–Crippen MR) is 101 cm³/mol. The molecule has 23 heavy (non-hydrogen) atoms. The van der Waals surface area contributed by atoms with Crippen LogP contribution in [-0.4, -0.2) is 88.8 Å². The van der Waals surface area contributed by atoms with Crippen molar-refractivity contribution in [3.05, 3.63) is 0 Å². The molecule has 0 saturated heterocycles. The third-order valence-electron chi connectivity index (χ3n) is 2.05. The van der Waals surface area contributed by atoms with Gasteiger partial charge in [0.05, 0.1) is 32.2 Å². The van der Waals surface area contributed by atoms with Gasteiger partial charge in [-0.05, 0) is 0 Å². The molecule has 0 spiro atoms. The Labute approximate surface area is 155 Å². The van der Waals surface area contributed by atoms with Gasteiger partial charge in [-0.15, -0.1) is 23.5 Å². The van der Waals surface area contributed by atoms with Crippen molar-refractivity contribution in [3.8, 4) is 0 Å². The normalized spacial score (nSPS) is 10.9. The molecule has 0 aliphatic carbocycles. The topological polar surface area (TPSA) is 85.2 Å². The Kier molecular flexibility index (Phi) is 21.4. The van der Waals surface area contributed by atoms with Gasteiger partial charge < -0.3 is 14.9 Å². The molecule has 6 nitrogen and oxygen atoms in total. The minimum atomic E-state index is -0.194. The van der Waals surface area contributed by atoms with E-state index in [0.717, 1.165) is 28.1 Å². The fourth-order valence-electron chi connectivity index (χ4n) is 1.14. The van der Waals surface area contributed by atoms with Gasteiger partial charge in [-0.1, -0.05) is 0 Å². The summed E-state index contributed by atoms with van der Waals surface area (Å²) in [6.07, 6.45) is 0. The largest absolute Gasteiger partial charge is 0.464 e. The minimum Gasteiger partial charge on any atom is -0.464 e. The lowest BCUT2D eigenvalue weighted by molar-refractivity contribution is -0.285. The van der Waals surface area contributed by atoms with Crippen LogP contribution in [0.1, 0.15) is 0 Å². The van der Waals surface area contributed by atoms with Gasteiger partial charge in [0, 0.05) is 33.8 Å². The number of hydrogen-bond donors (Lipinski definition) is 2. The van der Waals surface area contributed by atoms with E-state index in [1.54, 1.807) is 35.3 Å². The fourth-order valence-corrected chi connectivity index (χ4v) is 3.90. The van der Waals surface area contributed by atoms with Gasteiger partial charge in [0.1, 0.15) is 6.61 Å². The van der Waals surface area contributed by atoms with Crippen LogP contribution < -0.4 is 0 Å². The maximum atomic E-state index is 11.4. The number of hydrogen-bond acceptors (Lipinski definition) is 10. The second kappa shape index (κ2) is 20.8. The molecule has 0 bridgehead atoms. The van der Waals surface area contributed by atoms with Crippen LogP contribution in [0.4, 0.5) is 0 Å². The molecule has 0 aliphatic heterocycles. The third-order valence-corrected chi connectivity index (χ3v) is 6.14. The van der Waals surface area contributed by atoms with Crippen LogP contribution >= 0.6 is 47.0 Å². The van der Waals surface area contributed by atoms with Crippen LogP contribution in [0.3, 0.4) is 0 Å². The Hall–Kier alpha value is 0.710. The average molecular weight is 407 g/mol. The smallest absolute Gasteiger partial charge is 0.315 e. The van der Waals surface area contributed by atoms with Crippen molar-refractivity contribution in [2.45, 2.75) is 0 Å². The van der Waals surface area contributed by atoms with Crippen molar-refractivity contribution < 1.29 is 29.5 Å². The quantitative estimate of drug-likeness (QED) is 0.114. The SMILES string of the molecule is O=C(CSCSCCOOCCSCCO)OCCSCCO. The van der Waals surface area contributed by atoms with Crippen LogP contribution in [0, 0.1) is 0 Å². The average Bonchev–Trinajstić information content (AvgIpc) is 2.55. The summed E-state index contributed by atoms with van der Waals surface area (Å²) < 4.78 is 5.05. The molecule has 0 rings (SSSR count). The van der Waals surface area contributed by atoms with E-state index >= 15 is 0 Å². The number of aliphatic hydroxyl groups excluding tert-OH is 2. The van der Waals surface area contributed by atoms with Gasteiger partial charge in [0.25, 0.3) is 0 Å². The number of rotatable bonds is 18. The van der Waals surface area contributed by atoms with Gasteiger partial charge in [-0.2, -0.15) is 23.5 Å². The molecule has 0 saturated carbocycles. The molecule has 0 unspecified atom stereocenters. The van der Waals surface area contributed by atoms with E-state index in [1.165, 1.54) is 11.8 Å². The maximum Gasteiger partial charge on any atom is 0.315 e. The predicted octanol–water partition coefficient (Wildman–Crippen LogP) is 1.35. The Morgan fingerprint density at radius 1 is 0.739 bits per heavy atom. The number of carbonyl (C=O) groups excluding carboxylic acids is 1. The Morgan fingerprint density at radius 3 is 1.91 bits per heavy atom. The lowest BCUT2D eigenvalue weighted by Crippen LogP contribution is -2.10. The number of thioether (sulfide) groups is 4. The zero-order chi connectivity index (χ0) is 17.0. The summed E-state index contributed by atoms with van der Waals surface area (Å²) >= 11 is 6.39. The Bertz CT molecular complexity index is 261. The second-order valence-corrected chi connectivity index (χ2v) is 8.82. The fraction of sp³-hybridized carbons (Fsp3) is 0.923. The van der Waals surface area contributed by atoms with Crippen LogP contribution in [0.5, 0.6) is 0 Å². The molecular formula is C13H26O6S4. The van der Waals surface area contributed by atoms with E-state index in [1.807, 2.05) is 0 Å². The summed E-state index contributed by atoms with van der Waals surface area (Å²) in [5.74, 6) is 3.91. The highest BCUT2D eigenvalue weighted by Crippen LogP contribution is 2.12. The standard InChI is InChI=1S/C13H26O6S4/c14-1-6-20-8-3-17-13(16)11-23-12-22-10-5-19-18-4-9-21-7-2-15/h14-15H,1-12H2. The monoisotopic (exact) mass is 406 g/mol. The number of esters is 1. The summed E-state index contributed by atoms with van der Waals surface area (Å²) in [5, 5.41) is 18.0. The summed E-state index contributed by atoms with van der Waals surface area (Å²) in [6, 6.07) is 0. The molecule has 10 heteroatoms. The summed E-state index contributed by atoms with van der Waals surface area (Å²) in [6.45, 7) is 1.78. The van der Waals surface area contributed by atoms with E-state index < -0.39 is 0 Å². The van der Waals surface area contributed by atoms with Crippen molar-refractivity contribution in [1.29, 1.82) is 0 Å². The molecule has 0 radical (unpaired) electrons. The first-order valence-corrected chi connectivity index (χ1v) is 11.9. The molecule has 0 amide bonds. The highest BCUT2D eigenvalue weighted by atomic mass is 32.2. The summed E-state index contributed by atoms with van der Waals surface area (Å²) in [5.41, 5.74) is 0. The molecule has 0 heterocycles. The van der Waals surface area contributed by atoms with Crippen LogP contribution in [0.15, 0.2) is 0 Å². The summed E-state index contributed by atoms with van der Waals surface area (Å²) in [4.78, 5) is 21.4. The molecule has 0 aromatic rings. The van der Waals surface area contributed by atoms with Gasteiger partial charge in [-0.3, -0.25) is 4.79 Å². The van der Waals surface area contributed by atoms with Crippen molar-refractivity contribution in [3.63, 3.8) is 0 Å². The van der Waals surface area contributed by atoms with Crippen LogP contribution in [-0.2, 0) is 19.3 Å². The van der Waals surface area contributed by atoms with Crippen molar-refractivity contribution in [2.75, 3.05) is 72.6 Å². The molecule has 0 aromatic carbocycles.